The fourth-order valence-corrected chi connectivity index (χ4v) is 4.46. The first-order valence-electron chi connectivity index (χ1n) is 9.69. The fraction of sp³-hybridized carbons (Fsp3) is 0.524. The Kier molecular flexibility index (Phi) is 4.81. The molecule has 6 nitrogen and oxygen atoms in total. The second-order valence-electron chi connectivity index (χ2n) is 7.53. The van der Waals surface area contributed by atoms with Crippen LogP contribution in [0.2, 0.25) is 0 Å². The summed E-state index contributed by atoms with van der Waals surface area (Å²) >= 11 is 0. The van der Waals surface area contributed by atoms with Crippen molar-refractivity contribution in [3.05, 3.63) is 30.0 Å². The van der Waals surface area contributed by atoms with Crippen LogP contribution in [0.3, 0.4) is 0 Å². The van der Waals surface area contributed by atoms with Gasteiger partial charge in [0.25, 0.3) is 5.91 Å². The Morgan fingerprint density at radius 3 is 2.63 bits per heavy atom. The smallest absolute Gasteiger partial charge is 0.274 e. The van der Waals surface area contributed by atoms with Gasteiger partial charge in [-0.15, -0.1) is 0 Å². The third kappa shape index (κ3) is 3.17. The molecule has 6 heteroatoms. The molecule has 1 aliphatic heterocycles. The van der Waals surface area contributed by atoms with Crippen LogP contribution in [0.5, 0.6) is 11.5 Å². The van der Waals surface area contributed by atoms with Crippen molar-refractivity contribution >= 4 is 5.91 Å². The van der Waals surface area contributed by atoms with Crippen LogP contribution in [0, 0.1) is 5.92 Å². The zero-order valence-electron chi connectivity index (χ0n) is 16.3. The first-order valence-corrected chi connectivity index (χ1v) is 9.69. The summed E-state index contributed by atoms with van der Waals surface area (Å²) in [6.45, 7) is 0.881. The molecule has 2 atom stereocenters. The summed E-state index contributed by atoms with van der Waals surface area (Å²) in [6.07, 6.45) is 6.21. The second-order valence-corrected chi connectivity index (χ2v) is 7.53. The van der Waals surface area contributed by atoms with Crippen LogP contribution in [0.25, 0.3) is 11.3 Å². The average Bonchev–Trinajstić information content (AvgIpc) is 2.97. The lowest BCUT2D eigenvalue weighted by Gasteiger charge is -2.47. The number of hydrogen-bond donors (Lipinski definition) is 0. The summed E-state index contributed by atoms with van der Waals surface area (Å²) in [5.74, 6) is 2.08. The number of amides is 1. The molecule has 1 aromatic heterocycles. The number of ether oxygens (including phenoxy) is 2. The number of fused-ring (bicyclic) bond motifs is 1. The lowest BCUT2D eigenvalue weighted by molar-refractivity contribution is 0.0117. The molecule has 1 aliphatic carbocycles. The van der Waals surface area contributed by atoms with Gasteiger partial charge in [-0.3, -0.25) is 9.48 Å². The van der Waals surface area contributed by atoms with E-state index in [1.807, 2.05) is 36.2 Å². The molecule has 0 radical (unpaired) electrons. The Bertz CT molecular complexity index is 845. The molecule has 0 spiro atoms. The maximum Gasteiger partial charge on any atom is 0.274 e. The van der Waals surface area contributed by atoms with Crippen LogP contribution < -0.4 is 9.47 Å². The quantitative estimate of drug-likeness (QED) is 0.828. The van der Waals surface area contributed by atoms with Gasteiger partial charge in [-0.25, -0.2) is 0 Å². The van der Waals surface area contributed by atoms with Crippen molar-refractivity contribution in [1.82, 2.24) is 14.7 Å². The Morgan fingerprint density at radius 1 is 1.07 bits per heavy atom. The summed E-state index contributed by atoms with van der Waals surface area (Å²) in [6, 6.07) is 8.03. The van der Waals surface area contributed by atoms with Crippen LogP contribution in [0.15, 0.2) is 24.3 Å². The number of aryl methyl sites for hydroxylation is 1. The van der Waals surface area contributed by atoms with Crippen molar-refractivity contribution in [2.75, 3.05) is 20.8 Å². The highest BCUT2D eigenvalue weighted by Gasteiger charge is 2.42. The third-order valence-corrected chi connectivity index (χ3v) is 5.99. The van der Waals surface area contributed by atoms with Crippen LogP contribution in [0.1, 0.15) is 42.6 Å². The van der Waals surface area contributed by atoms with Gasteiger partial charge in [0.05, 0.1) is 19.9 Å². The van der Waals surface area contributed by atoms with E-state index in [0.29, 0.717) is 29.2 Å². The van der Waals surface area contributed by atoms with E-state index in [1.165, 1.54) is 25.7 Å². The highest BCUT2D eigenvalue weighted by atomic mass is 16.5. The predicted molar refractivity (Wildman–Crippen MR) is 103 cm³/mol. The number of methoxy groups -OCH3 is 2. The minimum atomic E-state index is 0.0560. The summed E-state index contributed by atoms with van der Waals surface area (Å²) in [5, 5.41) is 4.50. The van der Waals surface area contributed by atoms with Gasteiger partial charge in [-0.1, -0.05) is 19.3 Å². The molecule has 0 bridgehead atoms. The lowest BCUT2D eigenvalue weighted by Crippen LogP contribution is -2.58. The molecule has 4 rings (SSSR count). The van der Waals surface area contributed by atoms with Gasteiger partial charge in [0.2, 0.25) is 0 Å². The Morgan fingerprint density at radius 2 is 1.85 bits per heavy atom. The second kappa shape index (κ2) is 7.25. The van der Waals surface area contributed by atoms with E-state index in [1.54, 1.807) is 18.9 Å². The van der Waals surface area contributed by atoms with Gasteiger partial charge in [0.1, 0.15) is 0 Å². The number of rotatable bonds is 4. The summed E-state index contributed by atoms with van der Waals surface area (Å²) in [4.78, 5) is 15.0. The number of likely N-dealkylation sites (tertiary alicyclic amines) is 1. The molecule has 1 amide bonds. The SMILES string of the molecule is COc1ccc(-c2cc(C(=O)N3CC4CCCCCC43)nn2C)cc1OC. The van der Waals surface area contributed by atoms with E-state index in [9.17, 15) is 4.79 Å². The largest absolute Gasteiger partial charge is 0.493 e. The number of nitrogens with zero attached hydrogens (tertiary/aromatic N) is 3. The van der Waals surface area contributed by atoms with Crippen molar-refractivity contribution in [1.29, 1.82) is 0 Å². The van der Waals surface area contributed by atoms with Gasteiger partial charge in [0.15, 0.2) is 17.2 Å². The molecule has 2 fully saturated rings. The molecule has 2 aliphatic rings. The van der Waals surface area contributed by atoms with Crippen LogP contribution >= 0.6 is 0 Å². The van der Waals surface area contributed by atoms with E-state index in [4.69, 9.17) is 9.47 Å². The maximum absolute atomic E-state index is 13.0. The van der Waals surface area contributed by atoms with Crippen LogP contribution in [-0.2, 0) is 7.05 Å². The average molecular weight is 369 g/mol. The molecule has 2 heterocycles. The van der Waals surface area contributed by atoms with Crippen molar-refractivity contribution in [2.45, 2.75) is 38.1 Å². The Hall–Kier alpha value is -2.50. The third-order valence-electron chi connectivity index (χ3n) is 5.99. The molecule has 2 aromatic rings. The van der Waals surface area contributed by atoms with Gasteiger partial charge in [-0.2, -0.15) is 5.10 Å². The standard InChI is InChI=1S/C21H27N3O3/c1-23-18(14-9-10-19(26-2)20(11-14)27-3)12-16(22-23)21(25)24-13-15-7-5-4-6-8-17(15)24/h9-12,15,17H,4-8,13H2,1-3H3. The van der Waals surface area contributed by atoms with E-state index < -0.39 is 0 Å². The molecule has 1 aromatic carbocycles. The van der Waals surface area contributed by atoms with Gasteiger partial charge in [0, 0.05) is 25.2 Å². The number of aromatic nitrogens is 2. The first-order chi connectivity index (χ1) is 13.1. The van der Waals surface area contributed by atoms with Gasteiger partial charge in [-0.05, 0) is 43.0 Å². The topological polar surface area (TPSA) is 56.6 Å². The molecular formula is C21H27N3O3. The number of carbonyl (C=O) groups is 1. The first kappa shape index (κ1) is 17.9. The molecule has 0 N–H and O–H groups in total. The predicted octanol–water partition coefficient (Wildman–Crippen LogP) is 3.51. The zero-order valence-corrected chi connectivity index (χ0v) is 16.3. The van der Waals surface area contributed by atoms with E-state index in [0.717, 1.165) is 24.2 Å². The Labute approximate surface area is 160 Å². The number of carbonyl (C=O) groups excluding carboxylic acids is 1. The van der Waals surface area contributed by atoms with Crippen LogP contribution in [-0.4, -0.2) is 47.4 Å². The van der Waals surface area contributed by atoms with Gasteiger partial charge < -0.3 is 14.4 Å². The molecule has 2 unspecified atom stereocenters. The monoisotopic (exact) mass is 369 g/mol. The minimum Gasteiger partial charge on any atom is -0.493 e. The summed E-state index contributed by atoms with van der Waals surface area (Å²) in [5.41, 5.74) is 2.35. The number of benzene rings is 1. The molecule has 144 valence electrons. The highest BCUT2D eigenvalue weighted by molar-refractivity contribution is 5.94. The lowest BCUT2D eigenvalue weighted by atomic mass is 9.84. The maximum atomic E-state index is 13.0. The van der Waals surface area contributed by atoms with Crippen LogP contribution in [0.4, 0.5) is 0 Å². The molecule has 1 saturated heterocycles. The van der Waals surface area contributed by atoms with E-state index >= 15 is 0 Å². The zero-order chi connectivity index (χ0) is 19.0. The summed E-state index contributed by atoms with van der Waals surface area (Å²) in [7, 11) is 5.10. The van der Waals surface area contributed by atoms with Crippen molar-refractivity contribution in [3.8, 4) is 22.8 Å². The van der Waals surface area contributed by atoms with Crippen molar-refractivity contribution < 1.29 is 14.3 Å². The minimum absolute atomic E-state index is 0.0560. The highest BCUT2D eigenvalue weighted by Crippen LogP contribution is 2.37. The molecule has 27 heavy (non-hydrogen) atoms. The normalized spacial score (nSPS) is 21.8. The molecular weight excluding hydrogens is 342 g/mol. The Balaban J connectivity index is 1.57. The number of hydrogen-bond acceptors (Lipinski definition) is 4. The van der Waals surface area contributed by atoms with E-state index in [2.05, 4.69) is 5.10 Å². The molecule has 1 saturated carbocycles. The fourth-order valence-electron chi connectivity index (χ4n) is 4.46. The van der Waals surface area contributed by atoms with Crippen molar-refractivity contribution in [3.63, 3.8) is 0 Å². The van der Waals surface area contributed by atoms with Crippen molar-refractivity contribution in [2.24, 2.45) is 13.0 Å². The van der Waals surface area contributed by atoms with Gasteiger partial charge >= 0.3 is 0 Å². The van der Waals surface area contributed by atoms with E-state index in [-0.39, 0.29) is 5.91 Å². The summed E-state index contributed by atoms with van der Waals surface area (Å²) < 4.78 is 12.5.